The molecule has 2 aliphatic rings. The van der Waals surface area contributed by atoms with Crippen molar-refractivity contribution in [2.75, 3.05) is 34.2 Å². The van der Waals surface area contributed by atoms with Crippen LogP contribution in [0.3, 0.4) is 0 Å². The zero-order chi connectivity index (χ0) is 46.3. The third-order valence-electron chi connectivity index (χ3n) is 12.3. The summed E-state index contributed by atoms with van der Waals surface area (Å²) in [5.41, 5.74) is 4.74. The molecule has 0 spiro atoms. The minimum Gasteiger partial charge on any atom is -0.365 e. The summed E-state index contributed by atoms with van der Waals surface area (Å²) >= 11 is 5.89. The van der Waals surface area contributed by atoms with Crippen LogP contribution >= 0.6 is 11.6 Å². The van der Waals surface area contributed by atoms with Crippen LogP contribution in [-0.4, -0.2) is 55.2 Å². The molecule has 2 saturated carbocycles. The zero-order valence-electron chi connectivity index (χ0n) is 37.5. The van der Waals surface area contributed by atoms with Crippen molar-refractivity contribution >= 4 is 52.3 Å². The third kappa shape index (κ3) is 13.0. The summed E-state index contributed by atoms with van der Waals surface area (Å²) < 4.78 is 28.3. The molecule has 0 saturated heterocycles. The van der Waals surface area contributed by atoms with E-state index in [-0.39, 0.29) is 42.2 Å². The summed E-state index contributed by atoms with van der Waals surface area (Å²) in [5, 5.41) is 6.33. The number of benzene rings is 5. The summed E-state index contributed by atoms with van der Waals surface area (Å²) in [5.74, 6) is -2.51. The van der Waals surface area contributed by atoms with Crippen molar-refractivity contribution in [3.05, 3.63) is 161 Å². The van der Waals surface area contributed by atoms with Gasteiger partial charge in [0.05, 0.1) is 6.54 Å². The van der Waals surface area contributed by atoms with Crippen LogP contribution < -0.4 is 25.3 Å². The summed E-state index contributed by atoms with van der Waals surface area (Å²) in [6.45, 7) is 3.85. The molecule has 2 aliphatic carbocycles. The van der Waals surface area contributed by atoms with Gasteiger partial charge in [0.1, 0.15) is 29.6 Å². The molecular formula is C53H60ClF2N5O4. The molecule has 2 atom stereocenters. The number of anilines is 3. The van der Waals surface area contributed by atoms with Gasteiger partial charge in [-0.1, -0.05) is 117 Å². The number of para-hydroxylation sites is 1. The van der Waals surface area contributed by atoms with E-state index in [2.05, 4.69) is 10.6 Å². The van der Waals surface area contributed by atoms with Crippen LogP contribution in [0.25, 0.3) is 0 Å². The van der Waals surface area contributed by atoms with Crippen molar-refractivity contribution in [1.29, 1.82) is 0 Å². The second kappa shape index (κ2) is 23.7. The number of carbonyl (C=O) groups excluding carboxylic acids is 4. The van der Waals surface area contributed by atoms with Crippen molar-refractivity contribution in [2.24, 2.45) is 0 Å². The van der Waals surface area contributed by atoms with E-state index in [1.807, 2.05) is 105 Å². The van der Waals surface area contributed by atoms with Gasteiger partial charge in [-0.15, -0.1) is 11.6 Å². The quantitative estimate of drug-likeness (QED) is 0.108. The smallest absolute Gasteiger partial charge is 0.248 e. The number of aryl methyl sites for hydroxylation is 2. The summed E-state index contributed by atoms with van der Waals surface area (Å²) in [6, 6.07) is 34.5. The van der Waals surface area contributed by atoms with Gasteiger partial charge in [0, 0.05) is 36.2 Å². The van der Waals surface area contributed by atoms with E-state index < -0.39 is 29.6 Å². The highest BCUT2D eigenvalue weighted by Gasteiger charge is 2.37. The molecule has 0 radical (unpaired) electrons. The van der Waals surface area contributed by atoms with Crippen LogP contribution in [-0.2, 0) is 19.2 Å². The lowest BCUT2D eigenvalue weighted by atomic mass is 9.93. The third-order valence-corrected chi connectivity index (χ3v) is 12.5. The second-order valence-corrected chi connectivity index (χ2v) is 17.3. The predicted octanol–water partition coefficient (Wildman–Crippen LogP) is 10.7. The number of hydrogen-bond donors (Lipinski definition) is 2. The molecule has 5 aromatic rings. The molecule has 5 aromatic carbocycles. The van der Waals surface area contributed by atoms with E-state index in [1.165, 1.54) is 53.0 Å². The van der Waals surface area contributed by atoms with E-state index in [0.717, 1.165) is 73.7 Å². The van der Waals surface area contributed by atoms with Crippen LogP contribution in [0.1, 0.15) is 98.5 Å². The molecule has 0 aromatic heterocycles. The van der Waals surface area contributed by atoms with Crippen molar-refractivity contribution < 1.29 is 28.0 Å². The van der Waals surface area contributed by atoms with Gasteiger partial charge in [0.25, 0.3) is 0 Å². The van der Waals surface area contributed by atoms with E-state index in [0.29, 0.717) is 16.9 Å². The van der Waals surface area contributed by atoms with Crippen LogP contribution in [0.4, 0.5) is 25.8 Å². The average Bonchev–Trinajstić information content (AvgIpc) is 3.31. The minimum absolute atomic E-state index is 0.0274. The summed E-state index contributed by atoms with van der Waals surface area (Å²) in [7, 11) is 1.84. The lowest BCUT2D eigenvalue weighted by Gasteiger charge is -2.35. The van der Waals surface area contributed by atoms with Gasteiger partial charge in [-0.05, 0) is 110 Å². The average molecular weight is 905 g/mol. The molecule has 2 fully saturated rings. The number of hydrogen-bond acceptors (Lipinski definition) is 5. The Morgan fingerprint density at radius 3 is 1.37 bits per heavy atom. The lowest BCUT2D eigenvalue weighted by molar-refractivity contribution is -0.127. The topological polar surface area (TPSA) is 102 Å². The molecule has 7 rings (SSSR count). The predicted molar refractivity (Wildman–Crippen MR) is 256 cm³/mol. The van der Waals surface area contributed by atoms with E-state index >= 15 is 0 Å². The maximum absolute atomic E-state index is 14.4. The molecule has 12 heteroatoms. The molecule has 65 heavy (non-hydrogen) atoms. The van der Waals surface area contributed by atoms with Crippen LogP contribution in [0, 0.1) is 25.5 Å². The first-order chi connectivity index (χ1) is 31.4. The zero-order valence-corrected chi connectivity index (χ0v) is 38.3. The number of nitrogens with one attached hydrogen (secondary N) is 2. The van der Waals surface area contributed by atoms with Crippen LogP contribution in [0.2, 0.25) is 0 Å². The fraction of sp³-hybridized carbons (Fsp3) is 0.358. The number of amides is 4. The monoisotopic (exact) mass is 903 g/mol. The fourth-order valence-corrected chi connectivity index (χ4v) is 9.01. The standard InChI is InChI=1S/C30H34FN3O2.C23H26ClFN2O2/c1-22-12-9-10-19-27(22)29(30(36)32-24-14-5-3-6-15-24)34(26-18-11-13-23(31)20-26)28(35)21-33(2)25-16-7-4-8-17-25;1-16-8-5-6-13-20(16)22(23(29)26-18-10-3-2-4-11-18)27(21(28)15-24)19-12-7-9-17(25)14-19/h4,7-13,16-20,24,29H,3,5-6,14-15,21H2,1-2H3,(H,32,36);5-9,12-14,18,22H,2-4,10-11,15H2,1H3,(H,26,29). The summed E-state index contributed by atoms with van der Waals surface area (Å²) in [4.78, 5) is 58.7. The normalized spacial score (nSPS) is 15.0. The second-order valence-electron chi connectivity index (χ2n) is 17.0. The van der Waals surface area contributed by atoms with Crippen molar-refractivity contribution in [1.82, 2.24) is 10.6 Å². The molecule has 2 N–H and O–H groups in total. The Morgan fingerprint density at radius 1 is 0.554 bits per heavy atom. The van der Waals surface area contributed by atoms with Crippen molar-refractivity contribution in [2.45, 2.75) is 102 Å². The Kier molecular flexibility index (Phi) is 17.7. The van der Waals surface area contributed by atoms with Crippen LogP contribution in [0.15, 0.2) is 127 Å². The Balaban J connectivity index is 0.000000221. The van der Waals surface area contributed by atoms with Gasteiger partial charge in [-0.25, -0.2) is 8.78 Å². The highest BCUT2D eigenvalue weighted by Crippen LogP contribution is 2.33. The lowest BCUT2D eigenvalue weighted by Crippen LogP contribution is -2.49. The van der Waals surface area contributed by atoms with Gasteiger partial charge < -0.3 is 15.5 Å². The Labute approximate surface area is 387 Å². The molecule has 342 valence electrons. The molecule has 2 unspecified atom stereocenters. The van der Waals surface area contributed by atoms with Gasteiger partial charge >= 0.3 is 0 Å². The SMILES string of the molecule is Cc1ccccc1C(C(=O)NC1CCCCC1)N(C(=O)CCl)c1cccc(F)c1.Cc1ccccc1C(C(=O)NC1CCCCC1)N(C(=O)CN(C)c1ccccc1)c1cccc(F)c1. The van der Waals surface area contributed by atoms with E-state index in [1.54, 1.807) is 18.2 Å². The molecular weight excluding hydrogens is 844 g/mol. The summed E-state index contributed by atoms with van der Waals surface area (Å²) in [6.07, 6.45) is 10.4. The maximum atomic E-state index is 14.4. The number of rotatable bonds is 14. The first-order valence-corrected chi connectivity index (χ1v) is 23.2. The Bertz CT molecular complexity index is 2370. The van der Waals surface area contributed by atoms with Crippen molar-refractivity contribution in [3.8, 4) is 0 Å². The fourth-order valence-electron chi connectivity index (χ4n) is 8.88. The molecule has 0 heterocycles. The van der Waals surface area contributed by atoms with Crippen LogP contribution in [0.5, 0.6) is 0 Å². The number of carbonyl (C=O) groups is 4. The highest BCUT2D eigenvalue weighted by molar-refractivity contribution is 6.30. The largest absolute Gasteiger partial charge is 0.365 e. The highest BCUT2D eigenvalue weighted by atomic mass is 35.5. The number of likely N-dealkylation sites (N-methyl/N-ethyl adjacent to an activating group) is 1. The minimum atomic E-state index is -0.925. The molecule has 4 amide bonds. The Hall–Kier alpha value is -6.07. The van der Waals surface area contributed by atoms with Gasteiger partial charge in [0.2, 0.25) is 23.6 Å². The van der Waals surface area contributed by atoms with Gasteiger partial charge in [-0.3, -0.25) is 29.0 Å². The number of halogens is 3. The Morgan fingerprint density at radius 2 is 0.954 bits per heavy atom. The van der Waals surface area contributed by atoms with Gasteiger partial charge in [0.15, 0.2) is 0 Å². The number of alkyl halides is 1. The first kappa shape index (κ1) is 48.4. The maximum Gasteiger partial charge on any atom is 0.248 e. The van der Waals surface area contributed by atoms with Crippen molar-refractivity contribution in [3.63, 3.8) is 0 Å². The van der Waals surface area contributed by atoms with Gasteiger partial charge in [-0.2, -0.15) is 0 Å². The molecule has 0 aliphatic heterocycles. The number of nitrogens with zero attached hydrogens (tertiary/aromatic N) is 3. The van der Waals surface area contributed by atoms with E-state index in [4.69, 9.17) is 11.6 Å². The molecule has 9 nitrogen and oxygen atoms in total. The first-order valence-electron chi connectivity index (χ1n) is 22.6. The van der Waals surface area contributed by atoms with E-state index in [9.17, 15) is 28.0 Å². The molecule has 0 bridgehead atoms.